The van der Waals surface area contributed by atoms with Gasteiger partial charge in [-0.25, -0.2) is 5.43 Å². The Balaban J connectivity index is 1.92. The van der Waals surface area contributed by atoms with E-state index >= 15 is 0 Å². The first-order valence-corrected chi connectivity index (χ1v) is 8.76. The predicted molar refractivity (Wildman–Crippen MR) is 106 cm³/mol. The Kier molecular flexibility index (Phi) is 7.98. The van der Waals surface area contributed by atoms with Gasteiger partial charge in [0.05, 0.1) is 6.21 Å². The fourth-order valence-electron chi connectivity index (χ4n) is 2.08. The number of ether oxygens (including phenoxy) is 1. The molecule has 0 aromatic heterocycles. The molecule has 2 aromatic rings. The average Bonchev–Trinajstić information content (AvgIpc) is 2.67. The van der Waals surface area contributed by atoms with E-state index in [-0.39, 0.29) is 12.5 Å². The van der Waals surface area contributed by atoms with Crippen molar-refractivity contribution in [3.63, 3.8) is 0 Å². The van der Waals surface area contributed by atoms with Crippen LogP contribution in [-0.2, 0) is 14.4 Å². The zero-order chi connectivity index (χ0) is 20.4. The van der Waals surface area contributed by atoms with Crippen LogP contribution in [0.1, 0.15) is 12.5 Å². The largest absolute Gasteiger partial charge is 0.483 e. The number of carbonyl (C=O) groups excluding carboxylic acids is 3. The molecule has 0 aliphatic rings. The first-order chi connectivity index (χ1) is 13.5. The maximum Gasteiger partial charge on any atom is 0.329 e. The lowest BCUT2D eigenvalue weighted by atomic mass is 10.2. The summed E-state index contributed by atoms with van der Waals surface area (Å²) >= 11 is 5.88. The Morgan fingerprint density at radius 3 is 2.64 bits per heavy atom. The second kappa shape index (κ2) is 10.7. The minimum Gasteiger partial charge on any atom is -0.483 e. The van der Waals surface area contributed by atoms with Gasteiger partial charge in [0.2, 0.25) is 0 Å². The second-order valence-electron chi connectivity index (χ2n) is 5.44. The Morgan fingerprint density at radius 2 is 1.89 bits per heavy atom. The van der Waals surface area contributed by atoms with Gasteiger partial charge in [-0.1, -0.05) is 29.8 Å². The highest BCUT2D eigenvalue weighted by atomic mass is 35.5. The molecule has 0 heterocycles. The highest BCUT2D eigenvalue weighted by Crippen LogP contribution is 2.17. The van der Waals surface area contributed by atoms with Crippen molar-refractivity contribution in [3.05, 3.63) is 59.1 Å². The summed E-state index contributed by atoms with van der Waals surface area (Å²) in [6.45, 7) is 1.80. The monoisotopic (exact) mass is 402 g/mol. The molecule has 0 fully saturated rings. The van der Waals surface area contributed by atoms with Crippen molar-refractivity contribution >= 4 is 41.2 Å². The van der Waals surface area contributed by atoms with E-state index in [9.17, 15) is 14.4 Å². The zero-order valence-electron chi connectivity index (χ0n) is 15.1. The fraction of sp³-hybridized carbons (Fsp3) is 0.158. The number of likely N-dealkylation sites (N-methyl/N-ethyl adjacent to an activating group) is 1. The van der Waals surface area contributed by atoms with E-state index in [1.54, 1.807) is 55.5 Å². The molecular weight excluding hydrogens is 384 g/mol. The summed E-state index contributed by atoms with van der Waals surface area (Å²) in [6, 6.07) is 13.6. The van der Waals surface area contributed by atoms with Crippen molar-refractivity contribution in [2.75, 3.05) is 18.5 Å². The molecule has 0 spiro atoms. The number of anilines is 1. The van der Waals surface area contributed by atoms with Crippen molar-refractivity contribution in [1.29, 1.82) is 0 Å². The van der Waals surface area contributed by atoms with Gasteiger partial charge in [-0.15, -0.1) is 0 Å². The van der Waals surface area contributed by atoms with Gasteiger partial charge in [-0.2, -0.15) is 5.10 Å². The van der Waals surface area contributed by atoms with Gasteiger partial charge in [-0.3, -0.25) is 14.4 Å². The molecule has 0 saturated carbocycles. The zero-order valence-corrected chi connectivity index (χ0v) is 15.8. The Morgan fingerprint density at radius 1 is 1.11 bits per heavy atom. The standard InChI is InChI=1S/C19H19ClN4O4/c1-2-21-18(26)19(27)24-22-11-13-6-3-4-9-16(13)28-12-17(25)23-15-8-5-7-14(20)10-15/h3-11H,2,12H2,1H3,(H,21,26)(H,23,25)(H,24,27)/b22-11-. The number of para-hydroxylation sites is 1. The highest BCUT2D eigenvalue weighted by Gasteiger charge is 2.11. The van der Waals surface area contributed by atoms with Crippen molar-refractivity contribution < 1.29 is 19.1 Å². The number of nitrogens with one attached hydrogen (secondary N) is 3. The van der Waals surface area contributed by atoms with Crippen molar-refractivity contribution in [1.82, 2.24) is 10.7 Å². The van der Waals surface area contributed by atoms with Crippen molar-refractivity contribution in [3.8, 4) is 5.75 Å². The van der Waals surface area contributed by atoms with E-state index in [0.717, 1.165) is 0 Å². The molecule has 0 aliphatic carbocycles. The molecule has 28 heavy (non-hydrogen) atoms. The Hall–Kier alpha value is -3.39. The average molecular weight is 403 g/mol. The molecule has 0 bridgehead atoms. The summed E-state index contributed by atoms with van der Waals surface area (Å²) < 4.78 is 5.52. The smallest absolute Gasteiger partial charge is 0.329 e. The number of nitrogens with zero attached hydrogens (tertiary/aromatic N) is 1. The second-order valence-corrected chi connectivity index (χ2v) is 5.88. The quantitative estimate of drug-likeness (QED) is 0.373. The third-order valence-electron chi connectivity index (χ3n) is 3.30. The first kappa shape index (κ1) is 20.9. The van der Waals surface area contributed by atoms with Crippen LogP contribution >= 0.6 is 11.6 Å². The van der Waals surface area contributed by atoms with Gasteiger partial charge in [0.25, 0.3) is 5.91 Å². The van der Waals surface area contributed by atoms with E-state index < -0.39 is 11.8 Å². The lowest BCUT2D eigenvalue weighted by Gasteiger charge is -2.09. The molecular formula is C19H19ClN4O4. The number of hydrazone groups is 1. The number of benzene rings is 2. The summed E-state index contributed by atoms with van der Waals surface area (Å²) in [4.78, 5) is 34.9. The van der Waals surface area contributed by atoms with Crippen LogP contribution in [0.4, 0.5) is 5.69 Å². The van der Waals surface area contributed by atoms with Crippen LogP contribution < -0.4 is 20.8 Å². The number of carbonyl (C=O) groups is 3. The topological polar surface area (TPSA) is 109 Å². The van der Waals surface area contributed by atoms with Crippen LogP contribution in [0.2, 0.25) is 5.02 Å². The molecule has 3 N–H and O–H groups in total. The summed E-state index contributed by atoms with van der Waals surface area (Å²) in [7, 11) is 0. The maximum atomic E-state index is 12.0. The summed E-state index contributed by atoms with van der Waals surface area (Å²) in [5.41, 5.74) is 3.20. The number of hydrogen-bond acceptors (Lipinski definition) is 5. The SMILES string of the molecule is CCNC(=O)C(=O)N/N=C\c1ccccc1OCC(=O)Nc1cccc(Cl)c1. The lowest BCUT2D eigenvalue weighted by Crippen LogP contribution is -2.37. The van der Waals surface area contributed by atoms with Gasteiger partial charge in [0, 0.05) is 22.8 Å². The molecule has 0 atom stereocenters. The number of amides is 3. The van der Waals surface area contributed by atoms with Gasteiger partial charge >= 0.3 is 11.8 Å². The molecule has 3 amide bonds. The molecule has 0 radical (unpaired) electrons. The Bertz CT molecular complexity index is 886. The van der Waals surface area contributed by atoms with Gasteiger partial charge in [0.15, 0.2) is 6.61 Å². The molecule has 8 nitrogen and oxygen atoms in total. The molecule has 146 valence electrons. The van der Waals surface area contributed by atoms with Crippen LogP contribution in [0.15, 0.2) is 53.6 Å². The lowest BCUT2D eigenvalue weighted by molar-refractivity contribution is -0.139. The third-order valence-corrected chi connectivity index (χ3v) is 3.53. The van der Waals surface area contributed by atoms with E-state index in [4.69, 9.17) is 16.3 Å². The van der Waals surface area contributed by atoms with E-state index in [1.165, 1.54) is 6.21 Å². The maximum absolute atomic E-state index is 12.0. The first-order valence-electron chi connectivity index (χ1n) is 8.38. The fourth-order valence-corrected chi connectivity index (χ4v) is 2.27. The molecule has 0 unspecified atom stereocenters. The van der Waals surface area contributed by atoms with Gasteiger partial charge in [0.1, 0.15) is 5.75 Å². The number of hydrogen-bond donors (Lipinski definition) is 3. The third kappa shape index (κ3) is 6.73. The van der Waals surface area contributed by atoms with Crippen molar-refractivity contribution in [2.45, 2.75) is 6.92 Å². The summed E-state index contributed by atoms with van der Waals surface area (Å²) in [5, 5.41) is 9.27. The molecule has 2 rings (SSSR count). The Labute approximate surface area is 166 Å². The van der Waals surface area contributed by atoms with Crippen LogP contribution in [0.25, 0.3) is 0 Å². The van der Waals surface area contributed by atoms with Gasteiger partial charge < -0.3 is 15.4 Å². The van der Waals surface area contributed by atoms with Crippen LogP contribution in [0.3, 0.4) is 0 Å². The summed E-state index contributed by atoms with van der Waals surface area (Å²) in [6.07, 6.45) is 1.32. The molecule has 0 saturated heterocycles. The molecule has 2 aromatic carbocycles. The van der Waals surface area contributed by atoms with E-state index in [0.29, 0.717) is 28.6 Å². The van der Waals surface area contributed by atoms with Crippen LogP contribution in [-0.4, -0.2) is 37.1 Å². The minimum atomic E-state index is -0.877. The van der Waals surface area contributed by atoms with Crippen LogP contribution in [0, 0.1) is 0 Å². The van der Waals surface area contributed by atoms with Crippen LogP contribution in [0.5, 0.6) is 5.75 Å². The number of halogens is 1. The summed E-state index contributed by atoms with van der Waals surface area (Å²) in [5.74, 6) is -1.63. The van der Waals surface area contributed by atoms with Crippen molar-refractivity contribution in [2.24, 2.45) is 5.10 Å². The number of rotatable bonds is 7. The van der Waals surface area contributed by atoms with E-state index in [1.807, 2.05) is 0 Å². The normalized spacial score (nSPS) is 10.4. The highest BCUT2D eigenvalue weighted by molar-refractivity contribution is 6.35. The van der Waals surface area contributed by atoms with E-state index in [2.05, 4.69) is 21.2 Å². The minimum absolute atomic E-state index is 0.234. The van der Waals surface area contributed by atoms with Gasteiger partial charge in [-0.05, 0) is 37.3 Å². The molecule has 9 heteroatoms. The predicted octanol–water partition coefficient (Wildman–Crippen LogP) is 1.94. The molecule has 0 aliphatic heterocycles.